The van der Waals surface area contributed by atoms with Crippen LogP contribution in [-0.4, -0.2) is 25.5 Å². The van der Waals surface area contributed by atoms with Gasteiger partial charge in [0.25, 0.3) is 0 Å². The van der Waals surface area contributed by atoms with E-state index in [2.05, 4.69) is 15.1 Å². The molecular formula is C10H12N4OS. The van der Waals surface area contributed by atoms with Crippen molar-refractivity contribution in [1.29, 1.82) is 0 Å². The molecule has 0 aromatic carbocycles. The van der Waals surface area contributed by atoms with Gasteiger partial charge in [0.2, 0.25) is 0 Å². The van der Waals surface area contributed by atoms with Crippen molar-refractivity contribution in [2.75, 3.05) is 0 Å². The van der Waals surface area contributed by atoms with Crippen molar-refractivity contribution in [3.63, 3.8) is 0 Å². The molecule has 0 fully saturated rings. The van der Waals surface area contributed by atoms with E-state index in [0.29, 0.717) is 10.8 Å². The van der Waals surface area contributed by atoms with Crippen molar-refractivity contribution in [3.05, 3.63) is 22.5 Å². The highest BCUT2D eigenvalue weighted by Gasteiger charge is 2.10. The molecule has 0 saturated carbocycles. The fourth-order valence-electron chi connectivity index (χ4n) is 1.18. The summed E-state index contributed by atoms with van der Waals surface area (Å²) in [6.45, 7) is 5.56. The van der Waals surface area contributed by atoms with Gasteiger partial charge in [0.05, 0.1) is 0 Å². The number of carbonyl (C=O) groups excluding carboxylic acids is 1. The molecule has 0 bridgehead atoms. The van der Waals surface area contributed by atoms with Crippen LogP contribution in [0.5, 0.6) is 0 Å². The number of nitrogens with zero attached hydrogens (tertiary/aromatic N) is 4. The molecule has 0 unspecified atom stereocenters. The van der Waals surface area contributed by atoms with Crippen LogP contribution in [-0.2, 0) is 0 Å². The molecule has 2 rings (SSSR count). The molecule has 2 heterocycles. The maximum Gasteiger partial charge on any atom is 0.188 e. The van der Waals surface area contributed by atoms with E-state index in [4.69, 9.17) is 0 Å². The zero-order valence-electron chi connectivity index (χ0n) is 9.34. The molecule has 0 saturated heterocycles. The molecule has 2 aromatic heterocycles. The minimum absolute atomic E-state index is 0.0274. The number of aromatic nitrogens is 4. The quantitative estimate of drug-likeness (QED) is 0.765. The van der Waals surface area contributed by atoms with Crippen LogP contribution in [0.15, 0.2) is 11.7 Å². The number of hydrogen-bond acceptors (Lipinski definition) is 5. The molecule has 0 amide bonds. The van der Waals surface area contributed by atoms with E-state index < -0.39 is 0 Å². The average molecular weight is 236 g/mol. The normalized spacial score (nSPS) is 11.0. The lowest BCUT2D eigenvalue weighted by atomic mass is 10.2. The summed E-state index contributed by atoms with van der Waals surface area (Å²) >= 11 is 1.32. The van der Waals surface area contributed by atoms with Gasteiger partial charge in [-0.1, -0.05) is 13.8 Å². The van der Waals surface area contributed by atoms with Gasteiger partial charge in [-0.15, -0.1) is 16.4 Å². The van der Waals surface area contributed by atoms with Crippen molar-refractivity contribution in [2.24, 2.45) is 0 Å². The molecule has 0 radical (unpaired) electrons. The fraction of sp³-hybridized carbons (Fsp3) is 0.400. The molecule has 2 aromatic rings. The molecule has 0 aliphatic heterocycles. The van der Waals surface area contributed by atoms with Gasteiger partial charge in [0.15, 0.2) is 22.4 Å². The molecule has 84 valence electrons. The van der Waals surface area contributed by atoms with Crippen LogP contribution in [0.1, 0.15) is 42.3 Å². The Morgan fingerprint density at radius 3 is 2.75 bits per heavy atom. The molecular weight excluding hydrogens is 224 g/mol. The number of thiazole rings is 1. The predicted octanol–water partition coefficient (Wildman–Crippen LogP) is 2.05. The second-order valence-electron chi connectivity index (χ2n) is 3.77. The summed E-state index contributed by atoms with van der Waals surface area (Å²) < 4.78 is 1.60. The fourth-order valence-corrected chi connectivity index (χ4v) is 1.87. The first-order valence-electron chi connectivity index (χ1n) is 4.96. The van der Waals surface area contributed by atoms with Crippen molar-refractivity contribution in [2.45, 2.75) is 26.7 Å². The van der Waals surface area contributed by atoms with Gasteiger partial charge in [-0.05, 0) is 0 Å². The number of ketones is 1. The van der Waals surface area contributed by atoms with Crippen LogP contribution in [0.3, 0.4) is 0 Å². The highest BCUT2D eigenvalue weighted by atomic mass is 32.1. The highest BCUT2D eigenvalue weighted by molar-refractivity contribution is 7.11. The Morgan fingerprint density at radius 2 is 2.25 bits per heavy atom. The van der Waals surface area contributed by atoms with Gasteiger partial charge >= 0.3 is 0 Å². The second-order valence-corrected chi connectivity index (χ2v) is 4.63. The monoisotopic (exact) mass is 236 g/mol. The number of rotatable bonds is 3. The number of hydrogen-bond donors (Lipinski definition) is 0. The minimum Gasteiger partial charge on any atom is -0.292 e. The van der Waals surface area contributed by atoms with Gasteiger partial charge in [-0.25, -0.2) is 14.6 Å². The third-order valence-electron chi connectivity index (χ3n) is 2.05. The van der Waals surface area contributed by atoms with Gasteiger partial charge in [0.1, 0.15) is 6.33 Å². The van der Waals surface area contributed by atoms with E-state index in [0.717, 1.165) is 5.82 Å². The summed E-state index contributed by atoms with van der Waals surface area (Å²) in [4.78, 5) is 19.5. The Bertz CT molecular complexity index is 514. The smallest absolute Gasteiger partial charge is 0.188 e. The first kappa shape index (κ1) is 10.9. The zero-order valence-corrected chi connectivity index (χ0v) is 10.2. The van der Waals surface area contributed by atoms with Crippen molar-refractivity contribution < 1.29 is 4.79 Å². The largest absolute Gasteiger partial charge is 0.292 e. The summed E-state index contributed by atoms with van der Waals surface area (Å²) in [5, 5.41) is 6.59. The van der Waals surface area contributed by atoms with Gasteiger partial charge < -0.3 is 0 Å². The second kappa shape index (κ2) is 4.13. The maximum absolute atomic E-state index is 11.1. The summed E-state index contributed by atoms with van der Waals surface area (Å²) in [5.41, 5.74) is 0. The lowest BCUT2D eigenvalue weighted by Gasteiger charge is -1.95. The SMILES string of the molecule is CC(=O)c1nc(-n2cnc(C(C)C)n2)cs1. The van der Waals surface area contributed by atoms with E-state index in [9.17, 15) is 4.79 Å². The van der Waals surface area contributed by atoms with Crippen molar-refractivity contribution in [3.8, 4) is 5.82 Å². The lowest BCUT2D eigenvalue weighted by molar-refractivity contribution is 0.101. The maximum atomic E-state index is 11.1. The van der Waals surface area contributed by atoms with E-state index in [1.54, 1.807) is 16.4 Å². The summed E-state index contributed by atoms with van der Waals surface area (Å²) in [6.07, 6.45) is 1.62. The highest BCUT2D eigenvalue weighted by Crippen LogP contribution is 2.15. The zero-order chi connectivity index (χ0) is 11.7. The summed E-state index contributed by atoms with van der Waals surface area (Å²) in [5.74, 6) is 1.68. The molecule has 5 nitrogen and oxygen atoms in total. The van der Waals surface area contributed by atoms with E-state index in [1.807, 2.05) is 13.8 Å². The van der Waals surface area contributed by atoms with Crippen LogP contribution < -0.4 is 0 Å². The third kappa shape index (κ3) is 2.01. The Labute approximate surface area is 97.2 Å². The molecule has 0 N–H and O–H groups in total. The Kier molecular flexibility index (Phi) is 2.82. The Balaban J connectivity index is 2.31. The summed E-state index contributed by atoms with van der Waals surface area (Å²) in [6, 6.07) is 0. The topological polar surface area (TPSA) is 60.7 Å². The minimum atomic E-state index is -0.0274. The molecule has 6 heteroatoms. The first-order valence-corrected chi connectivity index (χ1v) is 5.84. The molecule has 0 atom stereocenters. The standard InChI is InChI=1S/C10H12N4OS/c1-6(2)9-11-5-14(13-9)8-4-16-10(12-8)7(3)15/h4-6H,1-3H3. The lowest BCUT2D eigenvalue weighted by Crippen LogP contribution is -1.99. The van der Waals surface area contributed by atoms with E-state index in [-0.39, 0.29) is 11.7 Å². The van der Waals surface area contributed by atoms with Crippen LogP contribution in [0.4, 0.5) is 0 Å². The van der Waals surface area contributed by atoms with Crippen molar-refractivity contribution in [1.82, 2.24) is 19.7 Å². The first-order chi connectivity index (χ1) is 7.58. The predicted molar refractivity (Wildman–Crippen MR) is 61.1 cm³/mol. The Hall–Kier alpha value is -1.56. The van der Waals surface area contributed by atoms with Gasteiger partial charge in [-0.2, -0.15) is 0 Å². The van der Waals surface area contributed by atoms with Crippen LogP contribution in [0.2, 0.25) is 0 Å². The third-order valence-corrected chi connectivity index (χ3v) is 2.98. The van der Waals surface area contributed by atoms with Gasteiger partial charge in [-0.3, -0.25) is 4.79 Å². The molecule has 0 aliphatic rings. The summed E-state index contributed by atoms with van der Waals surface area (Å²) in [7, 11) is 0. The molecule has 0 aliphatic carbocycles. The molecule has 16 heavy (non-hydrogen) atoms. The van der Waals surface area contributed by atoms with Crippen molar-refractivity contribution >= 4 is 17.1 Å². The van der Waals surface area contributed by atoms with E-state index in [1.165, 1.54) is 18.3 Å². The van der Waals surface area contributed by atoms with Gasteiger partial charge in [0, 0.05) is 18.2 Å². The number of carbonyl (C=O) groups is 1. The Morgan fingerprint density at radius 1 is 1.50 bits per heavy atom. The van der Waals surface area contributed by atoms with Crippen LogP contribution in [0.25, 0.3) is 5.82 Å². The van der Waals surface area contributed by atoms with Crippen LogP contribution >= 0.6 is 11.3 Å². The van der Waals surface area contributed by atoms with E-state index >= 15 is 0 Å². The van der Waals surface area contributed by atoms with Crippen LogP contribution in [0, 0.1) is 0 Å². The molecule has 0 spiro atoms. The number of Topliss-reactive ketones (excluding diaryl/α,β-unsaturated/α-hetero) is 1. The average Bonchev–Trinajstić information content (AvgIpc) is 2.86.